The molecular weight excluding hydrogens is 268 g/mol. The Morgan fingerprint density at radius 2 is 2.29 bits per heavy atom. The van der Waals surface area contributed by atoms with Crippen LogP contribution >= 0.6 is 27.3 Å². The summed E-state index contributed by atoms with van der Waals surface area (Å²) in [7, 11) is 0. The van der Waals surface area contributed by atoms with E-state index in [0.717, 1.165) is 15.6 Å². The molecule has 1 amide bonds. The first-order valence-electron chi connectivity index (χ1n) is 4.26. The van der Waals surface area contributed by atoms with E-state index in [9.17, 15) is 4.79 Å². The van der Waals surface area contributed by atoms with Crippen LogP contribution in [0.2, 0.25) is 0 Å². The SMILES string of the molecule is O=C1CCN(c2nnc(Br)s2)CCN1. The van der Waals surface area contributed by atoms with E-state index in [1.165, 1.54) is 11.3 Å². The van der Waals surface area contributed by atoms with Gasteiger partial charge in [-0.2, -0.15) is 0 Å². The lowest BCUT2D eigenvalue weighted by Crippen LogP contribution is -2.28. The fourth-order valence-corrected chi connectivity index (χ4v) is 2.42. The first-order valence-corrected chi connectivity index (χ1v) is 5.87. The summed E-state index contributed by atoms with van der Waals surface area (Å²) in [5, 5.41) is 11.6. The summed E-state index contributed by atoms with van der Waals surface area (Å²) in [6.45, 7) is 2.19. The lowest BCUT2D eigenvalue weighted by Gasteiger charge is -2.16. The molecule has 0 atom stereocenters. The van der Waals surface area contributed by atoms with Crippen molar-refractivity contribution in [1.82, 2.24) is 15.5 Å². The number of carbonyl (C=O) groups is 1. The zero-order chi connectivity index (χ0) is 9.97. The van der Waals surface area contributed by atoms with Crippen molar-refractivity contribution in [3.63, 3.8) is 0 Å². The number of anilines is 1. The molecule has 0 spiro atoms. The molecule has 0 aromatic carbocycles. The van der Waals surface area contributed by atoms with Crippen molar-refractivity contribution in [3.8, 4) is 0 Å². The summed E-state index contributed by atoms with van der Waals surface area (Å²) >= 11 is 4.75. The molecule has 1 aromatic heterocycles. The Morgan fingerprint density at radius 1 is 1.43 bits per heavy atom. The highest BCUT2D eigenvalue weighted by Gasteiger charge is 2.16. The first-order chi connectivity index (χ1) is 6.75. The number of nitrogens with one attached hydrogen (secondary N) is 1. The molecule has 1 aliphatic rings. The largest absolute Gasteiger partial charge is 0.354 e. The van der Waals surface area contributed by atoms with Crippen molar-refractivity contribution >= 4 is 38.3 Å². The van der Waals surface area contributed by atoms with Crippen molar-refractivity contribution in [2.24, 2.45) is 0 Å². The van der Waals surface area contributed by atoms with Gasteiger partial charge in [-0.3, -0.25) is 4.79 Å². The molecule has 0 saturated carbocycles. The molecule has 0 unspecified atom stereocenters. The fraction of sp³-hybridized carbons (Fsp3) is 0.571. The maximum absolute atomic E-state index is 11.1. The van der Waals surface area contributed by atoms with Crippen molar-refractivity contribution in [2.45, 2.75) is 6.42 Å². The highest BCUT2D eigenvalue weighted by Crippen LogP contribution is 2.24. The average molecular weight is 277 g/mol. The van der Waals surface area contributed by atoms with Gasteiger partial charge in [0, 0.05) is 26.1 Å². The van der Waals surface area contributed by atoms with E-state index in [-0.39, 0.29) is 5.91 Å². The molecule has 1 saturated heterocycles. The van der Waals surface area contributed by atoms with Gasteiger partial charge in [0.05, 0.1) is 0 Å². The van der Waals surface area contributed by atoms with Crippen LogP contribution < -0.4 is 10.2 Å². The third-order valence-electron chi connectivity index (χ3n) is 1.97. The molecule has 1 aromatic rings. The highest BCUT2D eigenvalue weighted by molar-refractivity contribution is 9.11. The Kier molecular flexibility index (Phi) is 2.97. The van der Waals surface area contributed by atoms with Crippen molar-refractivity contribution in [2.75, 3.05) is 24.5 Å². The van der Waals surface area contributed by atoms with E-state index in [0.29, 0.717) is 19.5 Å². The molecule has 0 bridgehead atoms. The molecule has 76 valence electrons. The van der Waals surface area contributed by atoms with Crippen LogP contribution in [0.3, 0.4) is 0 Å². The van der Waals surface area contributed by atoms with Gasteiger partial charge >= 0.3 is 0 Å². The Morgan fingerprint density at radius 3 is 3.00 bits per heavy atom. The highest BCUT2D eigenvalue weighted by atomic mass is 79.9. The number of amides is 1. The molecule has 5 nitrogen and oxygen atoms in total. The lowest BCUT2D eigenvalue weighted by atomic mass is 10.4. The third kappa shape index (κ3) is 2.21. The fourth-order valence-electron chi connectivity index (χ4n) is 1.28. The van der Waals surface area contributed by atoms with Crippen LogP contribution in [0.25, 0.3) is 0 Å². The van der Waals surface area contributed by atoms with Gasteiger partial charge in [0.25, 0.3) is 0 Å². The standard InChI is InChI=1S/C7H9BrN4OS/c8-6-10-11-7(14-6)12-3-1-5(13)9-2-4-12/h1-4H2,(H,9,13). The van der Waals surface area contributed by atoms with Crippen molar-refractivity contribution in [3.05, 3.63) is 3.92 Å². The quantitative estimate of drug-likeness (QED) is 0.818. The molecule has 1 aliphatic heterocycles. The second kappa shape index (κ2) is 4.22. The molecule has 1 N–H and O–H groups in total. The minimum Gasteiger partial charge on any atom is -0.354 e. The van der Waals surface area contributed by atoms with Crippen molar-refractivity contribution < 1.29 is 4.79 Å². The smallest absolute Gasteiger partial charge is 0.221 e. The van der Waals surface area contributed by atoms with Crippen LogP contribution in [0.4, 0.5) is 5.13 Å². The van der Waals surface area contributed by atoms with Crippen LogP contribution in [-0.4, -0.2) is 35.7 Å². The maximum Gasteiger partial charge on any atom is 0.221 e. The summed E-state index contributed by atoms with van der Waals surface area (Å²) in [5.41, 5.74) is 0. The van der Waals surface area contributed by atoms with Gasteiger partial charge in [-0.25, -0.2) is 0 Å². The van der Waals surface area contributed by atoms with Gasteiger partial charge in [0.15, 0.2) is 3.92 Å². The van der Waals surface area contributed by atoms with E-state index in [1.807, 2.05) is 0 Å². The van der Waals surface area contributed by atoms with Gasteiger partial charge in [-0.15, -0.1) is 10.2 Å². The monoisotopic (exact) mass is 276 g/mol. The molecular formula is C7H9BrN4OS. The normalized spacial score (nSPS) is 17.8. The zero-order valence-electron chi connectivity index (χ0n) is 7.36. The summed E-state index contributed by atoms with van der Waals surface area (Å²) in [5.74, 6) is 0.107. The van der Waals surface area contributed by atoms with Crippen LogP contribution in [0, 0.1) is 0 Å². The van der Waals surface area contributed by atoms with E-state index in [4.69, 9.17) is 0 Å². The number of hydrogen-bond acceptors (Lipinski definition) is 5. The summed E-state index contributed by atoms with van der Waals surface area (Å²) < 4.78 is 0.774. The minimum absolute atomic E-state index is 0.107. The van der Waals surface area contributed by atoms with E-state index < -0.39 is 0 Å². The van der Waals surface area contributed by atoms with Gasteiger partial charge in [-0.05, 0) is 15.9 Å². The van der Waals surface area contributed by atoms with Crippen LogP contribution in [0.1, 0.15) is 6.42 Å². The number of carbonyl (C=O) groups excluding carboxylic acids is 1. The average Bonchev–Trinajstić information content (AvgIpc) is 2.46. The molecule has 14 heavy (non-hydrogen) atoms. The molecule has 7 heteroatoms. The maximum atomic E-state index is 11.1. The first kappa shape index (κ1) is 9.85. The number of aromatic nitrogens is 2. The summed E-state index contributed by atoms with van der Waals surface area (Å²) in [6.07, 6.45) is 0.525. The molecule has 0 aliphatic carbocycles. The van der Waals surface area contributed by atoms with Crippen LogP contribution in [-0.2, 0) is 4.79 Å². The van der Waals surface area contributed by atoms with Gasteiger partial charge in [0.1, 0.15) is 0 Å². The number of nitrogens with zero attached hydrogens (tertiary/aromatic N) is 3. The van der Waals surface area contributed by atoms with Crippen LogP contribution in [0.5, 0.6) is 0 Å². The topological polar surface area (TPSA) is 58.1 Å². The summed E-state index contributed by atoms with van der Waals surface area (Å²) in [6, 6.07) is 0. The third-order valence-corrected chi connectivity index (χ3v) is 3.39. The predicted octanol–water partition coefficient (Wildman–Crippen LogP) is 0.627. The molecule has 2 heterocycles. The summed E-state index contributed by atoms with van der Waals surface area (Å²) in [4.78, 5) is 13.2. The van der Waals surface area contributed by atoms with Crippen molar-refractivity contribution in [1.29, 1.82) is 0 Å². The Bertz CT molecular complexity index is 342. The molecule has 0 radical (unpaired) electrons. The Labute approximate surface area is 93.6 Å². The van der Waals surface area contributed by atoms with Gasteiger partial charge < -0.3 is 10.2 Å². The number of halogens is 1. The van der Waals surface area contributed by atoms with E-state index in [2.05, 4.69) is 36.3 Å². The molecule has 1 fully saturated rings. The van der Waals surface area contributed by atoms with Gasteiger partial charge in [0.2, 0.25) is 11.0 Å². The van der Waals surface area contributed by atoms with E-state index >= 15 is 0 Å². The van der Waals surface area contributed by atoms with E-state index in [1.54, 1.807) is 0 Å². The Balaban J connectivity index is 2.07. The number of hydrogen-bond donors (Lipinski definition) is 1. The second-order valence-electron chi connectivity index (χ2n) is 2.92. The zero-order valence-corrected chi connectivity index (χ0v) is 9.77. The molecule has 2 rings (SSSR count). The van der Waals surface area contributed by atoms with Gasteiger partial charge in [-0.1, -0.05) is 11.3 Å². The number of rotatable bonds is 1. The Hall–Kier alpha value is -0.690. The second-order valence-corrected chi connectivity index (χ2v) is 5.16. The predicted molar refractivity (Wildman–Crippen MR) is 57.4 cm³/mol. The van der Waals surface area contributed by atoms with Crippen LogP contribution in [0.15, 0.2) is 3.92 Å². The minimum atomic E-state index is 0.107. The lowest BCUT2D eigenvalue weighted by molar-refractivity contribution is -0.120.